The number of azo groups is 1. The van der Waals surface area contributed by atoms with Crippen LogP contribution in [0, 0.1) is 0 Å². The van der Waals surface area contributed by atoms with E-state index in [0.29, 0.717) is 12.3 Å². The van der Waals surface area contributed by atoms with Crippen molar-refractivity contribution in [3.8, 4) is 5.75 Å². The summed E-state index contributed by atoms with van der Waals surface area (Å²) < 4.78 is 6.32. The molecular formula is C13H16N6O2. The van der Waals surface area contributed by atoms with Gasteiger partial charge in [-0.1, -0.05) is 0 Å². The summed E-state index contributed by atoms with van der Waals surface area (Å²) in [7, 11) is 0. The monoisotopic (exact) mass is 288 g/mol. The molecule has 0 aliphatic carbocycles. The number of benzene rings is 1. The first kappa shape index (κ1) is 14.5. The third kappa shape index (κ3) is 3.16. The van der Waals surface area contributed by atoms with Crippen LogP contribution in [-0.2, 0) is 0 Å². The number of aromatic nitrogens is 2. The van der Waals surface area contributed by atoms with Gasteiger partial charge in [0.2, 0.25) is 5.91 Å². The van der Waals surface area contributed by atoms with Gasteiger partial charge in [-0.3, -0.25) is 4.79 Å². The van der Waals surface area contributed by atoms with Crippen molar-refractivity contribution in [2.24, 2.45) is 10.2 Å². The summed E-state index contributed by atoms with van der Waals surface area (Å²) in [6, 6.07) is 7.06. The molecule has 1 heterocycles. The molecule has 0 aliphatic rings. The Kier molecular flexibility index (Phi) is 4.17. The Bertz CT molecular complexity index is 675. The highest BCUT2D eigenvalue weighted by molar-refractivity contribution is 5.85. The van der Waals surface area contributed by atoms with E-state index in [1.165, 1.54) is 6.92 Å². The van der Waals surface area contributed by atoms with Crippen LogP contribution in [0.1, 0.15) is 18.6 Å². The first-order valence-corrected chi connectivity index (χ1v) is 6.32. The van der Waals surface area contributed by atoms with Crippen LogP contribution in [0.25, 0.3) is 0 Å². The summed E-state index contributed by atoms with van der Waals surface area (Å²) in [5.74, 6) is 0.522. The average molecular weight is 288 g/mol. The molecule has 110 valence electrons. The molecule has 1 aromatic heterocycles. The highest BCUT2D eigenvalue weighted by Gasteiger charge is 2.15. The number of anilines is 2. The van der Waals surface area contributed by atoms with E-state index in [1.54, 1.807) is 24.3 Å². The average Bonchev–Trinajstić information content (AvgIpc) is 2.74. The van der Waals surface area contributed by atoms with Crippen LogP contribution >= 0.6 is 0 Å². The lowest BCUT2D eigenvalue weighted by Crippen LogP contribution is -2.10. The Morgan fingerprint density at radius 1 is 1.29 bits per heavy atom. The van der Waals surface area contributed by atoms with Gasteiger partial charge in [0.05, 0.1) is 12.3 Å². The first-order valence-electron chi connectivity index (χ1n) is 6.32. The fraction of sp³-hybridized carbons (Fsp3) is 0.231. The molecule has 0 radical (unpaired) electrons. The number of ether oxygens (including phenoxy) is 1. The number of nitrogens with two attached hydrogens (primary N) is 2. The molecule has 0 aliphatic heterocycles. The molecule has 21 heavy (non-hydrogen) atoms. The zero-order valence-electron chi connectivity index (χ0n) is 11.8. The van der Waals surface area contributed by atoms with Crippen LogP contribution in [0.15, 0.2) is 34.5 Å². The quantitative estimate of drug-likeness (QED) is 0.837. The molecule has 0 unspecified atom stereocenters. The first-order chi connectivity index (χ1) is 10.0. The Morgan fingerprint density at radius 3 is 2.48 bits per heavy atom. The largest absolute Gasteiger partial charge is 0.494 e. The van der Waals surface area contributed by atoms with Crippen LogP contribution in [0.3, 0.4) is 0 Å². The number of rotatable bonds is 4. The van der Waals surface area contributed by atoms with Gasteiger partial charge < -0.3 is 16.2 Å². The summed E-state index contributed by atoms with van der Waals surface area (Å²) in [6.07, 6.45) is 0. The van der Waals surface area contributed by atoms with E-state index in [4.69, 9.17) is 16.2 Å². The summed E-state index contributed by atoms with van der Waals surface area (Å²) in [6.45, 7) is 3.83. The minimum absolute atomic E-state index is 0.0531. The molecule has 0 saturated carbocycles. The van der Waals surface area contributed by atoms with Crippen LogP contribution in [0.2, 0.25) is 0 Å². The zero-order chi connectivity index (χ0) is 15.4. The maximum Gasteiger partial charge on any atom is 0.245 e. The predicted molar refractivity (Wildman–Crippen MR) is 79.1 cm³/mol. The highest BCUT2D eigenvalue weighted by Crippen LogP contribution is 2.30. The maximum atomic E-state index is 11.3. The second-order valence-electron chi connectivity index (χ2n) is 4.18. The highest BCUT2D eigenvalue weighted by atomic mass is 16.5. The summed E-state index contributed by atoms with van der Waals surface area (Å²) in [5.41, 5.74) is 12.2. The lowest BCUT2D eigenvalue weighted by Gasteiger charge is -2.01. The second-order valence-corrected chi connectivity index (χ2v) is 4.18. The van der Waals surface area contributed by atoms with Crippen molar-refractivity contribution in [1.82, 2.24) is 9.78 Å². The minimum Gasteiger partial charge on any atom is -0.494 e. The number of carbonyl (C=O) groups excluding carboxylic acids is 1. The van der Waals surface area contributed by atoms with E-state index < -0.39 is 0 Å². The summed E-state index contributed by atoms with van der Waals surface area (Å²) in [4.78, 5) is 11.3. The van der Waals surface area contributed by atoms with Gasteiger partial charge in [0.1, 0.15) is 5.75 Å². The minimum atomic E-state index is -0.346. The van der Waals surface area contributed by atoms with Crippen LogP contribution in [-0.4, -0.2) is 22.3 Å². The van der Waals surface area contributed by atoms with Crippen molar-refractivity contribution in [3.05, 3.63) is 24.3 Å². The van der Waals surface area contributed by atoms with Gasteiger partial charge in [-0.2, -0.15) is 9.80 Å². The fourth-order valence-electron chi connectivity index (χ4n) is 1.67. The molecule has 0 spiro atoms. The molecule has 0 bridgehead atoms. The molecule has 0 atom stereocenters. The Balaban J connectivity index is 2.23. The second kappa shape index (κ2) is 6.04. The standard InChI is InChI=1S/C13H16N6O2/c1-3-21-10-6-4-9(5-7-10)16-17-11-12(14)18-19(8(2)20)13(11)15/h4-7H,3,15H2,1-2H3,(H2,14,18). The van der Waals surface area contributed by atoms with Crippen molar-refractivity contribution < 1.29 is 9.53 Å². The van der Waals surface area contributed by atoms with Gasteiger partial charge in [0, 0.05) is 6.92 Å². The number of carbonyl (C=O) groups is 1. The lowest BCUT2D eigenvalue weighted by molar-refractivity contribution is 0.0924. The predicted octanol–water partition coefficient (Wildman–Crippen LogP) is 2.52. The van der Waals surface area contributed by atoms with Gasteiger partial charge >= 0.3 is 0 Å². The third-order valence-electron chi connectivity index (χ3n) is 2.63. The molecule has 8 heteroatoms. The van der Waals surface area contributed by atoms with Gasteiger partial charge in [0.15, 0.2) is 17.3 Å². The Labute approximate surface area is 121 Å². The normalized spacial score (nSPS) is 11.0. The van der Waals surface area contributed by atoms with E-state index in [1.807, 2.05) is 6.92 Å². The summed E-state index contributed by atoms with van der Waals surface area (Å²) >= 11 is 0. The van der Waals surface area contributed by atoms with Gasteiger partial charge in [-0.25, -0.2) is 0 Å². The zero-order valence-corrected chi connectivity index (χ0v) is 11.8. The molecule has 2 aromatic rings. The molecule has 1 aromatic carbocycles. The molecular weight excluding hydrogens is 272 g/mol. The van der Waals surface area contributed by atoms with Crippen molar-refractivity contribution in [2.75, 3.05) is 18.1 Å². The number of hydrogen-bond donors (Lipinski definition) is 2. The molecule has 4 N–H and O–H groups in total. The lowest BCUT2D eigenvalue weighted by atomic mass is 10.3. The van der Waals surface area contributed by atoms with E-state index >= 15 is 0 Å². The van der Waals surface area contributed by atoms with Gasteiger partial charge in [-0.05, 0) is 31.2 Å². The number of nitrogen functional groups attached to an aromatic ring is 2. The maximum absolute atomic E-state index is 11.3. The van der Waals surface area contributed by atoms with Crippen LogP contribution in [0.5, 0.6) is 5.75 Å². The number of nitrogens with zero attached hydrogens (tertiary/aromatic N) is 4. The van der Waals surface area contributed by atoms with Gasteiger partial charge in [0.25, 0.3) is 0 Å². The fourth-order valence-corrected chi connectivity index (χ4v) is 1.67. The van der Waals surface area contributed by atoms with E-state index in [-0.39, 0.29) is 23.2 Å². The van der Waals surface area contributed by atoms with Crippen LogP contribution < -0.4 is 16.2 Å². The third-order valence-corrected chi connectivity index (χ3v) is 2.63. The van der Waals surface area contributed by atoms with Crippen molar-refractivity contribution >= 4 is 28.9 Å². The Morgan fingerprint density at radius 2 is 1.95 bits per heavy atom. The topological polar surface area (TPSA) is 121 Å². The van der Waals surface area contributed by atoms with E-state index in [0.717, 1.165) is 10.4 Å². The van der Waals surface area contributed by atoms with Crippen molar-refractivity contribution in [1.29, 1.82) is 0 Å². The summed E-state index contributed by atoms with van der Waals surface area (Å²) in [5, 5.41) is 11.8. The molecule has 0 amide bonds. The number of hydrogen-bond acceptors (Lipinski definition) is 7. The molecule has 2 rings (SSSR count). The molecule has 0 saturated heterocycles. The molecule has 0 fully saturated rings. The Hall–Kier alpha value is -2.90. The van der Waals surface area contributed by atoms with Gasteiger partial charge in [-0.15, -0.1) is 10.2 Å². The van der Waals surface area contributed by atoms with E-state index in [9.17, 15) is 4.79 Å². The molecule has 8 nitrogen and oxygen atoms in total. The van der Waals surface area contributed by atoms with Crippen molar-refractivity contribution in [3.63, 3.8) is 0 Å². The van der Waals surface area contributed by atoms with Crippen molar-refractivity contribution in [2.45, 2.75) is 13.8 Å². The SMILES string of the molecule is CCOc1ccc(N=Nc2c(N)nn(C(C)=O)c2N)cc1. The van der Waals surface area contributed by atoms with E-state index in [2.05, 4.69) is 15.3 Å². The smallest absolute Gasteiger partial charge is 0.245 e. The van der Waals surface area contributed by atoms with Crippen LogP contribution in [0.4, 0.5) is 23.0 Å².